The number of carbonyl (C=O) groups excluding carboxylic acids is 3. The zero-order chi connectivity index (χ0) is 32.3. The number of Topliss-reactive ketones (excluding diaryl/α,β-unsaturated/α-hetero) is 1. The molecule has 0 aromatic heterocycles. The van der Waals surface area contributed by atoms with Gasteiger partial charge in [-0.25, -0.2) is 0 Å². The van der Waals surface area contributed by atoms with Crippen LogP contribution in [0.1, 0.15) is 26.3 Å². The van der Waals surface area contributed by atoms with Gasteiger partial charge in [0.15, 0.2) is 17.3 Å². The minimum Gasteiger partial charge on any atom is -0.493 e. The highest BCUT2D eigenvalue weighted by molar-refractivity contribution is 8.00. The van der Waals surface area contributed by atoms with E-state index < -0.39 is 11.8 Å². The first-order chi connectivity index (χ1) is 22.4. The fraction of sp³-hybridized carbons (Fsp3) is 0.0789. The van der Waals surface area contributed by atoms with Crippen molar-refractivity contribution in [2.24, 2.45) is 0 Å². The summed E-state index contributed by atoms with van der Waals surface area (Å²) in [6.07, 6.45) is 1.65. The average molecular weight is 629 g/mol. The lowest BCUT2D eigenvalue weighted by Gasteiger charge is -2.12. The van der Waals surface area contributed by atoms with E-state index in [1.54, 1.807) is 67.8 Å². The Morgan fingerprint density at radius 2 is 1.30 bits per heavy atom. The largest absolute Gasteiger partial charge is 0.493 e. The summed E-state index contributed by atoms with van der Waals surface area (Å²) in [7, 11) is 3.07. The highest BCUT2D eigenvalue weighted by atomic mass is 32.2. The first kappa shape index (κ1) is 31.8. The molecule has 0 bridgehead atoms. The third-order valence-corrected chi connectivity index (χ3v) is 8.06. The summed E-state index contributed by atoms with van der Waals surface area (Å²) < 4.78 is 10.6. The summed E-state index contributed by atoms with van der Waals surface area (Å²) in [5.41, 5.74) is 4.48. The van der Waals surface area contributed by atoms with Crippen LogP contribution >= 0.6 is 11.8 Å². The van der Waals surface area contributed by atoms with Crippen molar-refractivity contribution in [1.82, 2.24) is 5.32 Å². The number of nitrogens with one attached hydrogen (secondary N) is 2. The first-order valence-electron chi connectivity index (χ1n) is 14.5. The highest BCUT2D eigenvalue weighted by Crippen LogP contribution is 2.29. The molecule has 2 N–H and O–H groups in total. The van der Waals surface area contributed by atoms with Gasteiger partial charge in [-0.15, -0.1) is 11.8 Å². The molecule has 0 saturated heterocycles. The number of hydrogen-bond acceptors (Lipinski definition) is 6. The van der Waals surface area contributed by atoms with Crippen LogP contribution in [0.4, 0.5) is 5.69 Å². The summed E-state index contributed by atoms with van der Waals surface area (Å²) >= 11 is 1.39. The van der Waals surface area contributed by atoms with Crippen LogP contribution in [-0.2, 0) is 4.79 Å². The molecule has 8 heteroatoms. The van der Waals surface area contributed by atoms with Crippen molar-refractivity contribution in [3.8, 4) is 22.6 Å². The molecule has 0 unspecified atom stereocenters. The molecule has 7 nitrogen and oxygen atoms in total. The molecular weight excluding hydrogens is 596 g/mol. The van der Waals surface area contributed by atoms with Gasteiger partial charge in [0, 0.05) is 21.7 Å². The Morgan fingerprint density at radius 1 is 0.674 bits per heavy atom. The average Bonchev–Trinajstić information content (AvgIpc) is 3.11. The number of benzene rings is 5. The van der Waals surface area contributed by atoms with Gasteiger partial charge in [0.2, 0.25) is 0 Å². The highest BCUT2D eigenvalue weighted by Gasteiger charge is 2.16. The predicted molar refractivity (Wildman–Crippen MR) is 183 cm³/mol. The van der Waals surface area contributed by atoms with Crippen molar-refractivity contribution in [2.45, 2.75) is 4.90 Å². The van der Waals surface area contributed by atoms with Gasteiger partial charge in [-0.1, -0.05) is 72.8 Å². The molecule has 0 atom stereocenters. The monoisotopic (exact) mass is 628 g/mol. The second-order valence-corrected chi connectivity index (χ2v) is 11.2. The number of amides is 2. The Bertz CT molecular complexity index is 1840. The lowest BCUT2D eigenvalue weighted by Crippen LogP contribution is -2.30. The maximum Gasteiger partial charge on any atom is 0.272 e. The molecular formula is C38H32N2O5S. The Hall–Kier alpha value is -5.60. The molecule has 0 heterocycles. The lowest BCUT2D eigenvalue weighted by molar-refractivity contribution is -0.113. The fourth-order valence-electron chi connectivity index (χ4n) is 4.59. The van der Waals surface area contributed by atoms with Crippen molar-refractivity contribution >= 4 is 41.1 Å². The molecule has 5 rings (SSSR count). The molecule has 230 valence electrons. The van der Waals surface area contributed by atoms with Crippen LogP contribution < -0.4 is 20.1 Å². The van der Waals surface area contributed by atoms with Crippen LogP contribution in [0.5, 0.6) is 11.5 Å². The molecule has 0 aliphatic rings. The third kappa shape index (κ3) is 8.31. The van der Waals surface area contributed by atoms with E-state index in [1.165, 1.54) is 18.9 Å². The number of anilines is 1. The van der Waals surface area contributed by atoms with Crippen LogP contribution in [0.3, 0.4) is 0 Å². The van der Waals surface area contributed by atoms with Gasteiger partial charge in [0.1, 0.15) is 5.70 Å². The first-order valence-corrected chi connectivity index (χ1v) is 15.4. The molecule has 0 radical (unpaired) electrons. The second kappa shape index (κ2) is 15.4. The minimum absolute atomic E-state index is 0.0518. The SMILES string of the molecule is COc1ccc(C(=O)CSc2ccc(NC(=O)/C(=C/c3ccc(-c4ccccc4)cc3)NC(=O)c3ccccc3)cc2)cc1OC. The van der Waals surface area contributed by atoms with Crippen molar-refractivity contribution in [2.75, 3.05) is 25.3 Å². The molecule has 0 fully saturated rings. The Balaban J connectivity index is 1.27. The lowest BCUT2D eigenvalue weighted by atomic mass is 10.0. The summed E-state index contributed by atoms with van der Waals surface area (Å²) in [5, 5.41) is 5.65. The van der Waals surface area contributed by atoms with Crippen molar-refractivity contribution in [3.63, 3.8) is 0 Å². The van der Waals surface area contributed by atoms with Crippen molar-refractivity contribution in [3.05, 3.63) is 150 Å². The number of hydrogen-bond donors (Lipinski definition) is 2. The summed E-state index contributed by atoms with van der Waals surface area (Å²) in [6, 6.07) is 38.7. The normalized spacial score (nSPS) is 11.0. The number of thioether (sulfide) groups is 1. The van der Waals surface area contributed by atoms with Gasteiger partial charge < -0.3 is 20.1 Å². The van der Waals surface area contributed by atoms with Gasteiger partial charge in [0.05, 0.1) is 20.0 Å². The van der Waals surface area contributed by atoms with E-state index in [4.69, 9.17) is 9.47 Å². The number of ketones is 1. The molecule has 0 spiro atoms. The molecule has 0 aliphatic heterocycles. The molecule has 2 amide bonds. The maximum absolute atomic E-state index is 13.5. The molecule has 0 aliphatic carbocycles. The number of ether oxygens (including phenoxy) is 2. The summed E-state index contributed by atoms with van der Waals surface area (Å²) in [4.78, 5) is 40.1. The predicted octanol–water partition coefficient (Wildman–Crippen LogP) is 7.76. The van der Waals surface area contributed by atoms with Gasteiger partial charge in [-0.05, 0) is 77.4 Å². The molecule has 0 saturated carbocycles. The molecule has 5 aromatic rings. The third-order valence-electron chi connectivity index (χ3n) is 7.05. The summed E-state index contributed by atoms with van der Waals surface area (Å²) in [6.45, 7) is 0. The fourth-order valence-corrected chi connectivity index (χ4v) is 5.38. The second-order valence-electron chi connectivity index (χ2n) is 10.1. The van der Waals surface area contributed by atoms with E-state index in [-0.39, 0.29) is 17.2 Å². The van der Waals surface area contributed by atoms with Crippen LogP contribution in [0, 0.1) is 0 Å². The topological polar surface area (TPSA) is 93.7 Å². The van der Waals surface area contributed by atoms with E-state index in [1.807, 2.05) is 72.8 Å². The number of methoxy groups -OCH3 is 2. The van der Waals surface area contributed by atoms with Crippen LogP contribution in [0.15, 0.2) is 138 Å². The van der Waals surface area contributed by atoms with Gasteiger partial charge >= 0.3 is 0 Å². The van der Waals surface area contributed by atoms with E-state index in [0.29, 0.717) is 28.3 Å². The zero-order valence-electron chi connectivity index (χ0n) is 25.4. The zero-order valence-corrected chi connectivity index (χ0v) is 26.2. The number of rotatable bonds is 12. The Kier molecular flexibility index (Phi) is 10.7. The maximum atomic E-state index is 13.5. The quantitative estimate of drug-likeness (QED) is 0.0834. The van der Waals surface area contributed by atoms with Crippen LogP contribution in [0.2, 0.25) is 0 Å². The van der Waals surface area contributed by atoms with E-state index in [0.717, 1.165) is 21.6 Å². The van der Waals surface area contributed by atoms with Crippen LogP contribution in [0.25, 0.3) is 17.2 Å². The van der Waals surface area contributed by atoms with E-state index >= 15 is 0 Å². The smallest absolute Gasteiger partial charge is 0.272 e. The van der Waals surface area contributed by atoms with Crippen molar-refractivity contribution in [1.29, 1.82) is 0 Å². The minimum atomic E-state index is -0.472. The van der Waals surface area contributed by atoms with Gasteiger partial charge in [-0.3, -0.25) is 14.4 Å². The Labute approximate surface area is 272 Å². The van der Waals surface area contributed by atoms with Gasteiger partial charge in [0.25, 0.3) is 11.8 Å². The summed E-state index contributed by atoms with van der Waals surface area (Å²) in [5.74, 6) is 0.361. The molecule has 46 heavy (non-hydrogen) atoms. The van der Waals surface area contributed by atoms with E-state index in [9.17, 15) is 14.4 Å². The number of carbonyl (C=O) groups is 3. The molecule has 5 aromatic carbocycles. The van der Waals surface area contributed by atoms with Crippen molar-refractivity contribution < 1.29 is 23.9 Å². The van der Waals surface area contributed by atoms with E-state index in [2.05, 4.69) is 10.6 Å². The Morgan fingerprint density at radius 3 is 1.96 bits per heavy atom. The standard InChI is InChI=1S/C38H32N2O5S/c1-44-35-22-17-30(24-36(35)45-2)34(41)25-46-32-20-18-31(19-21-32)39-38(43)33(40-37(42)29-11-7-4-8-12-29)23-26-13-15-28(16-14-26)27-9-5-3-6-10-27/h3-24H,25H2,1-2H3,(H,39,43)(H,40,42)/b33-23-. The van der Waals surface area contributed by atoms with Gasteiger partial charge in [-0.2, -0.15) is 0 Å². The van der Waals surface area contributed by atoms with Crippen LogP contribution in [-0.4, -0.2) is 37.6 Å².